The third kappa shape index (κ3) is 4.54. The normalized spacial score (nSPS) is 17.2. The fourth-order valence-corrected chi connectivity index (χ4v) is 3.87. The standard InChI is InChI=1S/C24H24F3N3O2/c1-23(2,3)18-10-8-15(9-11-18)22-28-21(29-32-22)17-12-20(31)30(14-17)13-16-6-4-5-7-19(16)24(25,26)27/h4-11,17H,12-14H2,1-3H3. The van der Waals surface area contributed by atoms with Crippen molar-refractivity contribution in [1.82, 2.24) is 15.0 Å². The van der Waals surface area contributed by atoms with E-state index < -0.39 is 11.7 Å². The van der Waals surface area contributed by atoms with E-state index in [0.717, 1.165) is 11.6 Å². The molecule has 168 valence electrons. The molecule has 1 unspecified atom stereocenters. The highest BCUT2D eigenvalue weighted by atomic mass is 19.4. The molecule has 2 aromatic carbocycles. The van der Waals surface area contributed by atoms with Gasteiger partial charge in [0.1, 0.15) is 0 Å². The molecule has 1 atom stereocenters. The van der Waals surface area contributed by atoms with Gasteiger partial charge < -0.3 is 9.42 Å². The summed E-state index contributed by atoms with van der Waals surface area (Å²) in [5.74, 6) is 0.188. The van der Waals surface area contributed by atoms with Crippen LogP contribution in [0.15, 0.2) is 53.1 Å². The summed E-state index contributed by atoms with van der Waals surface area (Å²) < 4.78 is 45.2. The number of hydrogen-bond donors (Lipinski definition) is 0. The van der Waals surface area contributed by atoms with E-state index in [2.05, 4.69) is 30.9 Å². The lowest BCUT2D eigenvalue weighted by Gasteiger charge is -2.19. The predicted octanol–water partition coefficient (Wildman–Crippen LogP) is 5.57. The molecule has 0 radical (unpaired) electrons. The molecule has 5 nitrogen and oxygen atoms in total. The van der Waals surface area contributed by atoms with Gasteiger partial charge in [-0.2, -0.15) is 18.2 Å². The number of carbonyl (C=O) groups excluding carboxylic acids is 1. The van der Waals surface area contributed by atoms with Crippen molar-refractivity contribution in [3.05, 3.63) is 71.0 Å². The zero-order valence-corrected chi connectivity index (χ0v) is 18.1. The van der Waals surface area contributed by atoms with Crippen molar-refractivity contribution < 1.29 is 22.5 Å². The molecule has 1 amide bonds. The molecule has 1 aliphatic rings. The Morgan fingerprint density at radius 2 is 1.75 bits per heavy atom. The number of rotatable bonds is 4. The second kappa shape index (κ2) is 8.07. The first kappa shape index (κ1) is 22.0. The number of benzene rings is 2. The minimum absolute atomic E-state index is 0.0247. The maximum atomic E-state index is 13.3. The maximum Gasteiger partial charge on any atom is 0.416 e. The zero-order chi connectivity index (χ0) is 23.1. The molecule has 3 aromatic rings. The lowest BCUT2D eigenvalue weighted by molar-refractivity contribution is -0.139. The Morgan fingerprint density at radius 3 is 2.41 bits per heavy atom. The molecule has 0 spiro atoms. The van der Waals surface area contributed by atoms with Crippen LogP contribution < -0.4 is 0 Å². The van der Waals surface area contributed by atoms with Crippen LogP contribution in [-0.2, 0) is 22.9 Å². The summed E-state index contributed by atoms with van der Waals surface area (Å²) in [5.41, 5.74) is 1.32. The van der Waals surface area contributed by atoms with Crippen LogP contribution in [0.1, 0.15) is 55.6 Å². The smallest absolute Gasteiger partial charge is 0.338 e. The fourth-order valence-electron chi connectivity index (χ4n) is 3.87. The van der Waals surface area contributed by atoms with Crippen molar-refractivity contribution in [1.29, 1.82) is 0 Å². The largest absolute Gasteiger partial charge is 0.416 e. The van der Waals surface area contributed by atoms with Crippen molar-refractivity contribution in [2.45, 2.75) is 51.2 Å². The molecular formula is C24H24F3N3O2. The Balaban J connectivity index is 1.48. The molecule has 8 heteroatoms. The van der Waals surface area contributed by atoms with E-state index in [1.807, 2.05) is 24.3 Å². The van der Waals surface area contributed by atoms with Gasteiger partial charge in [0.2, 0.25) is 5.91 Å². The molecular weight excluding hydrogens is 419 g/mol. The monoisotopic (exact) mass is 443 g/mol. The summed E-state index contributed by atoms with van der Waals surface area (Å²) in [4.78, 5) is 18.4. The molecule has 4 rings (SSSR count). The first-order valence-electron chi connectivity index (χ1n) is 10.4. The first-order chi connectivity index (χ1) is 15.0. The van der Waals surface area contributed by atoms with Crippen molar-refractivity contribution >= 4 is 5.91 Å². The number of amides is 1. The van der Waals surface area contributed by atoms with E-state index in [0.29, 0.717) is 11.7 Å². The van der Waals surface area contributed by atoms with E-state index in [1.54, 1.807) is 6.07 Å². The van der Waals surface area contributed by atoms with Crippen molar-refractivity contribution in [2.75, 3.05) is 6.54 Å². The minimum Gasteiger partial charge on any atom is -0.338 e. The Kier molecular flexibility index (Phi) is 5.56. The second-order valence-corrected chi connectivity index (χ2v) is 9.12. The number of nitrogens with zero attached hydrogens (tertiary/aromatic N) is 3. The Labute approximate surface area is 184 Å². The number of likely N-dealkylation sites (tertiary alicyclic amines) is 1. The topological polar surface area (TPSA) is 59.2 Å². The molecule has 0 aliphatic carbocycles. The van der Waals surface area contributed by atoms with E-state index in [9.17, 15) is 18.0 Å². The van der Waals surface area contributed by atoms with Crippen LogP contribution in [0.5, 0.6) is 0 Å². The summed E-state index contributed by atoms with van der Waals surface area (Å²) in [6.45, 7) is 6.52. The fraction of sp³-hybridized carbons (Fsp3) is 0.375. The Bertz CT molecular complexity index is 1110. The lowest BCUT2D eigenvalue weighted by atomic mass is 9.87. The van der Waals surface area contributed by atoms with Gasteiger partial charge in [-0.05, 0) is 34.7 Å². The average Bonchev–Trinajstić information content (AvgIpc) is 3.34. The van der Waals surface area contributed by atoms with E-state index in [1.165, 1.54) is 22.6 Å². The van der Waals surface area contributed by atoms with Crippen LogP contribution in [-0.4, -0.2) is 27.5 Å². The first-order valence-corrected chi connectivity index (χ1v) is 10.4. The molecule has 1 aliphatic heterocycles. The highest BCUT2D eigenvalue weighted by molar-refractivity contribution is 5.79. The van der Waals surface area contributed by atoms with Crippen LogP contribution in [0.3, 0.4) is 0 Å². The van der Waals surface area contributed by atoms with Crippen LogP contribution in [0.4, 0.5) is 13.2 Å². The molecule has 2 heterocycles. The Hall–Kier alpha value is -3.16. The molecule has 0 N–H and O–H groups in total. The second-order valence-electron chi connectivity index (χ2n) is 9.12. The number of carbonyl (C=O) groups is 1. The maximum absolute atomic E-state index is 13.3. The lowest BCUT2D eigenvalue weighted by Crippen LogP contribution is -2.26. The van der Waals surface area contributed by atoms with Crippen LogP contribution >= 0.6 is 0 Å². The predicted molar refractivity (Wildman–Crippen MR) is 113 cm³/mol. The van der Waals surface area contributed by atoms with Crippen LogP contribution in [0.25, 0.3) is 11.5 Å². The molecule has 1 fully saturated rings. The zero-order valence-electron chi connectivity index (χ0n) is 18.1. The summed E-state index contributed by atoms with van der Waals surface area (Å²) in [5, 5.41) is 4.03. The minimum atomic E-state index is -4.47. The van der Waals surface area contributed by atoms with Crippen molar-refractivity contribution in [3.8, 4) is 11.5 Å². The highest BCUT2D eigenvalue weighted by Gasteiger charge is 2.37. The Morgan fingerprint density at radius 1 is 1.06 bits per heavy atom. The van der Waals surface area contributed by atoms with Gasteiger partial charge in [0.15, 0.2) is 5.82 Å². The van der Waals surface area contributed by atoms with Gasteiger partial charge >= 0.3 is 6.18 Å². The molecule has 0 bridgehead atoms. The van der Waals surface area contributed by atoms with Crippen molar-refractivity contribution in [2.24, 2.45) is 0 Å². The molecule has 0 saturated carbocycles. The van der Waals surface area contributed by atoms with Crippen LogP contribution in [0.2, 0.25) is 0 Å². The van der Waals surface area contributed by atoms with Crippen LogP contribution in [0, 0.1) is 0 Å². The van der Waals surface area contributed by atoms with Gasteiger partial charge in [0, 0.05) is 31.0 Å². The number of aromatic nitrogens is 2. The van der Waals surface area contributed by atoms with E-state index in [4.69, 9.17) is 4.52 Å². The van der Waals surface area contributed by atoms with Gasteiger partial charge in [0.05, 0.1) is 5.56 Å². The van der Waals surface area contributed by atoms with E-state index in [-0.39, 0.29) is 42.3 Å². The summed E-state index contributed by atoms with van der Waals surface area (Å²) in [7, 11) is 0. The van der Waals surface area contributed by atoms with Crippen molar-refractivity contribution in [3.63, 3.8) is 0 Å². The van der Waals surface area contributed by atoms with Gasteiger partial charge in [-0.1, -0.05) is 56.3 Å². The highest BCUT2D eigenvalue weighted by Crippen LogP contribution is 2.35. The average molecular weight is 443 g/mol. The summed E-state index contributed by atoms with van der Waals surface area (Å²) >= 11 is 0. The van der Waals surface area contributed by atoms with Gasteiger partial charge in [-0.15, -0.1) is 0 Å². The van der Waals surface area contributed by atoms with Gasteiger partial charge in [0.25, 0.3) is 5.89 Å². The summed E-state index contributed by atoms with van der Waals surface area (Å²) in [6, 6.07) is 13.2. The number of alkyl halides is 3. The molecule has 32 heavy (non-hydrogen) atoms. The molecule has 1 aromatic heterocycles. The third-order valence-corrected chi connectivity index (χ3v) is 5.70. The van der Waals surface area contributed by atoms with Gasteiger partial charge in [-0.3, -0.25) is 4.79 Å². The third-order valence-electron chi connectivity index (χ3n) is 5.70. The summed E-state index contributed by atoms with van der Waals surface area (Å²) in [6.07, 6.45) is -4.33. The van der Waals surface area contributed by atoms with Gasteiger partial charge in [-0.25, -0.2) is 0 Å². The quantitative estimate of drug-likeness (QED) is 0.529. The van der Waals surface area contributed by atoms with E-state index >= 15 is 0 Å². The number of hydrogen-bond acceptors (Lipinski definition) is 4. The number of halogens is 3. The molecule has 1 saturated heterocycles. The SMILES string of the molecule is CC(C)(C)c1ccc(-c2nc(C3CC(=O)N(Cc4ccccc4C(F)(F)F)C3)no2)cc1.